The molecule has 1 aromatic carbocycles. The minimum atomic E-state index is -4.68. The molecule has 2 aliphatic rings. The first-order chi connectivity index (χ1) is 14.6. The summed E-state index contributed by atoms with van der Waals surface area (Å²) in [4.78, 5) is 21.1. The monoisotopic (exact) mass is 428 g/mol. The number of hydrogen-bond donors (Lipinski definition) is 0. The predicted octanol–water partition coefficient (Wildman–Crippen LogP) is 4.61. The number of nitrogens with zero attached hydrogens (tertiary/aromatic N) is 4. The molecule has 0 spiro atoms. The Bertz CT molecular complexity index is 1080. The summed E-state index contributed by atoms with van der Waals surface area (Å²) in [5, 5.41) is 9.61. The first kappa shape index (κ1) is 21.2. The third-order valence-electron chi connectivity index (χ3n) is 6.35. The SMILES string of the molecule is Cc1cccc(N(C)C(=O)[C@@H]2[C@H]3CC[C@H](C3)N2c2nc(C)cc(C(F)(F)F)c2C#N)c1. The lowest BCUT2D eigenvalue weighted by atomic mass is 9.96. The van der Waals surface area contributed by atoms with Crippen molar-refractivity contribution in [3.63, 3.8) is 0 Å². The topological polar surface area (TPSA) is 60.2 Å². The van der Waals surface area contributed by atoms with Gasteiger partial charge in [-0.1, -0.05) is 12.1 Å². The first-order valence-electron chi connectivity index (χ1n) is 10.2. The molecule has 0 N–H and O–H groups in total. The molecule has 2 heterocycles. The van der Waals surface area contributed by atoms with Crippen LogP contribution in [0.25, 0.3) is 0 Å². The van der Waals surface area contributed by atoms with E-state index in [0.29, 0.717) is 6.42 Å². The van der Waals surface area contributed by atoms with E-state index in [1.807, 2.05) is 31.2 Å². The van der Waals surface area contributed by atoms with Crippen molar-refractivity contribution in [1.29, 1.82) is 5.26 Å². The Morgan fingerprint density at radius 2 is 2.00 bits per heavy atom. The smallest absolute Gasteiger partial charge is 0.340 e. The summed E-state index contributed by atoms with van der Waals surface area (Å²) in [5.41, 5.74) is 0.382. The van der Waals surface area contributed by atoms with Crippen molar-refractivity contribution in [2.75, 3.05) is 16.8 Å². The Hall–Kier alpha value is -3.08. The highest BCUT2D eigenvalue weighted by atomic mass is 19.4. The molecule has 1 aromatic heterocycles. The summed E-state index contributed by atoms with van der Waals surface area (Å²) in [6.07, 6.45) is -2.37. The van der Waals surface area contributed by atoms with Gasteiger partial charge in [0.25, 0.3) is 0 Å². The number of carbonyl (C=O) groups is 1. The molecule has 162 valence electrons. The van der Waals surface area contributed by atoms with Gasteiger partial charge in [0.05, 0.1) is 5.56 Å². The second-order valence-corrected chi connectivity index (χ2v) is 8.43. The average Bonchev–Trinajstić information content (AvgIpc) is 3.33. The lowest BCUT2D eigenvalue weighted by Crippen LogP contribution is -2.52. The van der Waals surface area contributed by atoms with Gasteiger partial charge in [0.2, 0.25) is 5.91 Å². The van der Waals surface area contributed by atoms with Crippen LogP contribution in [0, 0.1) is 31.1 Å². The molecule has 5 nitrogen and oxygen atoms in total. The van der Waals surface area contributed by atoms with Crippen LogP contribution >= 0.6 is 0 Å². The van der Waals surface area contributed by atoms with Crippen molar-refractivity contribution in [1.82, 2.24) is 4.98 Å². The van der Waals surface area contributed by atoms with Crippen molar-refractivity contribution >= 4 is 17.4 Å². The number of anilines is 2. The molecule has 31 heavy (non-hydrogen) atoms. The lowest BCUT2D eigenvalue weighted by Gasteiger charge is -2.38. The Labute approximate surface area is 179 Å². The van der Waals surface area contributed by atoms with Crippen LogP contribution in [0.2, 0.25) is 0 Å². The molecule has 1 saturated heterocycles. The molecule has 0 radical (unpaired) electrons. The summed E-state index contributed by atoms with van der Waals surface area (Å²) < 4.78 is 40.9. The van der Waals surface area contributed by atoms with Crippen molar-refractivity contribution in [3.05, 3.63) is 52.7 Å². The number of carbonyl (C=O) groups excluding carboxylic acids is 1. The number of piperidine rings is 1. The Kier molecular flexibility index (Phi) is 5.16. The number of halogens is 3. The van der Waals surface area contributed by atoms with Gasteiger partial charge in [0, 0.05) is 24.5 Å². The number of aryl methyl sites for hydroxylation is 2. The molecule has 0 unspecified atom stereocenters. The van der Waals surface area contributed by atoms with Crippen molar-refractivity contribution in [3.8, 4) is 6.07 Å². The predicted molar refractivity (Wildman–Crippen MR) is 111 cm³/mol. The number of rotatable bonds is 3. The number of likely N-dealkylation sites (N-methyl/N-ethyl adjacent to an activating group) is 1. The fraction of sp³-hybridized carbons (Fsp3) is 0.435. The maximum absolute atomic E-state index is 13.6. The number of benzene rings is 1. The molecule has 2 fully saturated rings. The zero-order valence-electron chi connectivity index (χ0n) is 17.6. The first-order valence-corrected chi connectivity index (χ1v) is 10.2. The van der Waals surface area contributed by atoms with Crippen LogP contribution in [-0.2, 0) is 11.0 Å². The number of alkyl halides is 3. The van der Waals surface area contributed by atoms with Crippen LogP contribution in [0.15, 0.2) is 30.3 Å². The van der Waals surface area contributed by atoms with Gasteiger partial charge in [-0.25, -0.2) is 4.98 Å². The minimum Gasteiger partial charge on any atom is -0.340 e. The molecular formula is C23H23F3N4O. The Morgan fingerprint density at radius 3 is 2.65 bits per heavy atom. The molecule has 1 saturated carbocycles. The molecule has 2 aromatic rings. The number of nitriles is 1. The Morgan fingerprint density at radius 1 is 1.26 bits per heavy atom. The highest BCUT2D eigenvalue weighted by Crippen LogP contribution is 2.47. The van der Waals surface area contributed by atoms with E-state index < -0.39 is 23.3 Å². The van der Waals surface area contributed by atoms with E-state index in [1.54, 1.807) is 22.9 Å². The van der Waals surface area contributed by atoms with E-state index in [1.165, 1.54) is 6.92 Å². The van der Waals surface area contributed by atoms with Crippen LogP contribution < -0.4 is 9.80 Å². The fourth-order valence-corrected chi connectivity index (χ4v) is 4.95. The molecule has 1 amide bonds. The standard InChI is InChI=1S/C23H23F3N4O/c1-13-5-4-6-16(9-13)29(3)22(31)20-15-7-8-17(11-15)30(20)21-18(12-27)19(23(24,25)26)10-14(2)28-21/h4-6,9-10,15,17,20H,7-8,11H2,1-3H3/t15-,17+,20-/m0/s1. The minimum absolute atomic E-state index is 0.0213. The summed E-state index contributed by atoms with van der Waals surface area (Å²) in [6.45, 7) is 3.41. The number of pyridine rings is 1. The maximum atomic E-state index is 13.6. The third-order valence-corrected chi connectivity index (χ3v) is 6.35. The van der Waals surface area contributed by atoms with E-state index in [-0.39, 0.29) is 29.4 Å². The van der Waals surface area contributed by atoms with E-state index in [2.05, 4.69) is 4.98 Å². The van der Waals surface area contributed by atoms with Crippen molar-refractivity contribution in [2.45, 2.75) is 51.4 Å². The van der Waals surface area contributed by atoms with E-state index in [9.17, 15) is 23.2 Å². The van der Waals surface area contributed by atoms with Gasteiger partial charge in [-0.05, 0) is 62.8 Å². The molecule has 8 heteroatoms. The van der Waals surface area contributed by atoms with Crippen LogP contribution in [-0.4, -0.2) is 30.0 Å². The molecule has 4 rings (SSSR count). The van der Waals surface area contributed by atoms with Gasteiger partial charge in [-0.3, -0.25) is 4.79 Å². The van der Waals surface area contributed by atoms with Gasteiger partial charge in [-0.15, -0.1) is 0 Å². The van der Waals surface area contributed by atoms with Crippen molar-refractivity contribution in [2.24, 2.45) is 5.92 Å². The zero-order chi connectivity index (χ0) is 22.5. The molecule has 1 aliphatic carbocycles. The van der Waals surface area contributed by atoms with Crippen LogP contribution in [0.4, 0.5) is 24.7 Å². The molecule has 2 bridgehead atoms. The van der Waals surface area contributed by atoms with Gasteiger partial charge >= 0.3 is 6.18 Å². The van der Waals surface area contributed by atoms with Crippen LogP contribution in [0.3, 0.4) is 0 Å². The van der Waals surface area contributed by atoms with E-state index in [0.717, 1.165) is 30.2 Å². The molecule has 1 aliphatic heterocycles. The maximum Gasteiger partial charge on any atom is 0.417 e. The summed E-state index contributed by atoms with van der Waals surface area (Å²) >= 11 is 0. The number of aromatic nitrogens is 1. The second-order valence-electron chi connectivity index (χ2n) is 8.43. The van der Waals surface area contributed by atoms with Crippen molar-refractivity contribution < 1.29 is 18.0 Å². The Balaban J connectivity index is 1.79. The summed E-state index contributed by atoms with van der Waals surface area (Å²) in [7, 11) is 1.68. The number of amides is 1. The van der Waals surface area contributed by atoms with E-state index >= 15 is 0 Å². The van der Waals surface area contributed by atoms with Gasteiger partial charge in [0.15, 0.2) is 0 Å². The quantitative estimate of drug-likeness (QED) is 0.716. The average molecular weight is 428 g/mol. The zero-order valence-corrected chi connectivity index (χ0v) is 17.6. The van der Waals surface area contributed by atoms with Crippen LogP contribution in [0.5, 0.6) is 0 Å². The highest BCUT2D eigenvalue weighted by Gasteiger charge is 2.52. The highest BCUT2D eigenvalue weighted by molar-refractivity contribution is 5.99. The van der Waals surface area contributed by atoms with Gasteiger partial charge in [0.1, 0.15) is 23.5 Å². The summed E-state index contributed by atoms with van der Waals surface area (Å²) in [5.74, 6) is -0.204. The van der Waals surface area contributed by atoms with Gasteiger partial charge < -0.3 is 9.80 Å². The largest absolute Gasteiger partial charge is 0.417 e. The normalized spacial score (nSPS) is 22.5. The summed E-state index contributed by atoms with van der Waals surface area (Å²) in [6, 6.07) is 9.37. The van der Waals surface area contributed by atoms with Gasteiger partial charge in [-0.2, -0.15) is 18.4 Å². The molecule has 3 atom stereocenters. The number of fused-ring (bicyclic) bond motifs is 2. The van der Waals surface area contributed by atoms with E-state index in [4.69, 9.17) is 0 Å². The number of hydrogen-bond acceptors (Lipinski definition) is 4. The lowest BCUT2D eigenvalue weighted by molar-refractivity contribution is -0.137. The third kappa shape index (κ3) is 3.62. The molecular weight excluding hydrogens is 405 g/mol. The second kappa shape index (κ2) is 7.56. The van der Waals surface area contributed by atoms with Crippen LogP contribution in [0.1, 0.15) is 41.6 Å². The fourth-order valence-electron chi connectivity index (χ4n) is 4.95.